The summed E-state index contributed by atoms with van der Waals surface area (Å²) in [6, 6.07) is 26.7. The van der Waals surface area contributed by atoms with E-state index in [4.69, 9.17) is 32.1 Å². The summed E-state index contributed by atoms with van der Waals surface area (Å²) in [5.41, 5.74) is 21.4. The van der Waals surface area contributed by atoms with Gasteiger partial charge in [0.2, 0.25) is 11.7 Å². The molecule has 1 amide bonds. The Morgan fingerprint density at radius 2 is 0.945 bits per heavy atom. The van der Waals surface area contributed by atoms with Gasteiger partial charge in [-0.25, -0.2) is 27.3 Å². The standard InChI is InChI=1S/C21H22FN5O3.C20H19FN6O.C15H17FN4.C14H15FN4.C8H12O5/c1-21(2,20(29)30-3)17-19(28)23-18(25-24-17)16-13-8-6-10-15(13)27(26-16)11-12-7-4-5-9-14(12)22;1-20(2)16-18(23-19(20)28)22-17(25-24-16)15-12-7-5-9-14(12)27(26-15)10-11-6-3-4-8-13(11)21;16-12-6-2-1-4-10(12)9-20-14-7-3-5-11(14)15(19-20)13(18)8-17;15-11-6-2-1-4-9(11)8-19-12-7-3-5-10(12)13(18-19)14(16)17;1-8(2,7(11)13-4)5(9)6(10)12-3/h4-5,7,9H,6,8,10-11H2,1-3H3,(H,23,25,28);3-4,6,8H,5,7,9-10H2,1-2H3,(H,22,23,25,28);1-2,4,6,18H,3,5,7-9,17H2;1-2,4,6H,3,5,7-8H2,(H3,16,17);1-4H3. The van der Waals surface area contributed by atoms with Crippen molar-refractivity contribution in [2.45, 2.75) is 156 Å². The average Bonchev–Trinajstić information content (AvgIpc) is 1.60. The topological polar surface area (TPSA) is 393 Å². The fourth-order valence-corrected chi connectivity index (χ4v) is 13.8. The number of hydrogen-bond donors (Lipinski definition) is 6. The quantitative estimate of drug-likeness (QED) is 0.00892. The summed E-state index contributed by atoms with van der Waals surface area (Å²) in [6.45, 7) is 10.9. The number of fused-ring (bicyclic) bond motifs is 5. The van der Waals surface area contributed by atoms with E-state index in [1.165, 1.54) is 45.2 Å². The lowest BCUT2D eigenvalue weighted by Crippen LogP contribution is -2.39. The van der Waals surface area contributed by atoms with Crippen LogP contribution in [0.5, 0.6) is 0 Å². The van der Waals surface area contributed by atoms with Gasteiger partial charge in [-0.15, -0.1) is 20.4 Å². The molecule has 0 atom stereocenters. The molecule has 1 aliphatic heterocycles. The van der Waals surface area contributed by atoms with E-state index < -0.39 is 45.5 Å². The molecule has 15 rings (SSSR count). The molecule has 0 bridgehead atoms. The first-order valence-corrected chi connectivity index (χ1v) is 35.8. The maximum absolute atomic E-state index is 14.1. The molecule has 28 nitrogen and oxygen atoms in total. The highest BCUT2D eigenvalue weighted by Crippen LogP contribution is 2.38. The number of nitrogens with one attached hydrogen (secondary N) is 4. The summed E-state index contributed by atoms with van der Waals surface area (Å²) < 4.78 is 76.2. The molecule has 0 radical (unpaired) electrons. The number of anilines is 1. The van der Waals surface area contributed by atoms with Crippen LogP contribution >= 0.6 is 0 Å². The van der Waals surface area contributed by atoms with E-state index in [1.54, 1.807) is 91.7 Å². The number of ketones is 1. The average molecular weight is 1510 g/mol. The minimum absolute atomic E-state index is 0.00886. The fourth-order valence-electron chi connectivity index (χ4n) is 13.8. The molecule has 0 fully saturated rings. The number of H-pyrrole nitrogens is 1. The van der Waals surface area contributed by atoms with Gasteiger partial charge in [0.15, 0.2) is 11.6 Å². The Balaban J connectivity index is 0.000000140. The number of carbonyl (C=O) groups is 5. The molecule has 5 aliphatic rings. The minimum atomic E-state index is -1.48. The van der Waals surface area contributed by atoms with Crippen LogP contribution in [0.2, 0.25) is 0 Å². The summed E-state index contributed by atoms with van der Waals surface area (Å²) in [4.78, 5) is 77.1. The summed E-state index contributed by atoms with van der Waals surface area (Å²) in [6.07, 6.45) is 11.1. The molecule has 7 heterocycles. The Bertz CT molecular complexity index is 5290. The molecule has 110 heavy (non-hydrogen) atoms. The first kappa shape index (κ1) is 79.0. The summed E-state index contributed by atoms with van der Waals surface area (Å²) in [5, 5.41) is 53.1. The van der Waals surface area contributed by atoms with Gasteiger partial charge in [0.05, 0.1) is 58.6 Å². The van der Waals surface area contributed by atoms with Crippen molar-refractivity contribution in [2.75, 3.05) is 33.2 Å². The van der Waals surface area contributed by atoms with Crippen LogP contribution < -0.4 is 22.3 Å². The second-order valence-electron chi connectivity index (χ2n) is 28.4. The number of carbonyl (C=O) groups excluding carboxylic acids is 5. The molecule has 6 aromatic heterocycles. The number of nitrogens with zero attached hydrogens (tertiary/aromatic N) is 13. The Morgan fingerprint density at radius 3 is 1.37 bits per heavy atom. The van der Waals surface area contributed by atoms with Gasteiger partial charge < -0.3 is 41.4 Å². The number of hydrogen-bond acceptors (Lipinski definition) is 21. The largest absolute Gasteiger partial charge is 0.468 e. The minimum Gasteiger partial charge on any atom is -0.468 e. The number of methoxy groups -OCH3 is 3. The van der Waals surface area contributed by atoms with Gasteiger partial charge in [-0.05, 0) is 143 Å². The highest BCUT2D eigenvalue weighted by Gasteiger charge is 2.44. The molecule has 0 saturated heterocycles. The molecule has 8 N–H and O–H groups in total. The molecule has 10 aromatic rings. The summed E-state index contributed by atoms with van der Waals surface area (Å²) in [5.74, 6) is -3.37. The molecule has 0 spiro atoms. The van der Waals surface area contributed by atoms with Gasteiger partial charge >= 0.3 is 17.9 Å². The van der Waals surface area contributed by atoms with Crippen molar-refractivity contribution in [1.29, 1.82) is 10.8 Å². The Labute approximate surface area is 629 Å². The first-order valence-electron chi connectivity index (χ1n) is 35.8. The van der Waals surface area contributed by atoms with E-state index in [0.29, 0.717) is 94.3 Å². The van der Waals surface area contributed by atoms with Gasteiger partial charge in [0.25, 0.3) is 11.3 Å². The van der Waals surface area contributed by atoms with Crippen LogP contribution in [0, 0.1) is 39.5 Å². The number of ether oxygens (including phenoxy) is 3. The van der Waals surface area contributed by atoms with Crippen LogP contribution in [0.1, 0.15) is 157 Å². The third-order valence-electron chi connectivity index (χ3n) is 20.0. The lowest BCUT2D eigenvalue weighted by Gasteiger charge is -2.18. The maximum Gasteiger partial charge on any atom is 0.375 e. The normalized spacial score (nSPS) is 13.9. The lowest BCUT2D eigenvalue weighted by atomic mass is 9.88. The van der Waals surface area contributed by atoms with Crippen molar-refractivity contribution >= 4 is 47.0 Å². The molecule has 4 aromatic carbocycles. The predicted octanol–water partition coefficient (Wildman–Crippen LogP) is 8.45. The highest BCUT2D eigenvalue weighted by atomic mass is 19.1. The van der Waals surface area contributed by atoms with Crippen LogP contribution in [0.3, 0.4) is 0 Å². The zero-order valence-electron chi connectivity index (χ0n) is 62.4. The van der Waals surface area contributed by atoms with E-state index in [9.17, 15) is 46.3 Å². The van der Waals surface area contributed by atoms with Crippen LogP contribution in [0.15, 0.2) is 102 Å². The highest BCUT2D eigenvalue weighted by molar-refractivity contribution is 6.39. The van der Waals surface area contributed by atoms with Crippen LogP contribution in [0.25, 0.3) is 23.0 Å². The number of nitrogen functional groups attached to an aromatic ring is 1. The van der Waals surface area contributed by atoms with Crippen molar-refractivity contribution in [1.82, 2.24) is 69.5 Å². The van der Waals surface area contributed by atoms with E-state index in [2.05, 4.69) is 60.4 Å². The van der Waals surface area contributed by atoms with E-state index in [-0.39, 0.29) is 53.1 Å². The molecule has 0 saturated carbocycles. The summed E-state index contributed by atoms with van der Waals surface area (Å²) in [7, 11) is 3.48. The SMILES string of the molecule is CC1(C)C(=O)Nc2nc(-c3nn(Cc4ccccc4F)c4c3CCC4)nnc21.COC(=O)C(=O)C(C)(C)C(=O)OC.COC(=O)C(C)(C)c1nnc(-c2nn(Cc3ccccc3F)c3c2CCC3)[nH]c1=O.N=C(CN)c1nn(Cc2ccccc2F)c2c1CCC2.N=C(N)c1nn(Cc2ccccc2F)c2c1CCC2. The van der Waals surface area contributed by atoms with Gasteiger partial charge in [0, 0.05) is 73.8 Å². The molecule has 32 heteroatoms. The van der Waals surface area contributed by atoms with Crippen molar-refractivity contribution in [3.05, 3.63) is 221 Å². The Hall–Kier alpha value is -12.1. The fraction of sp³-hybridized carbons (Fsp3) is 0.372. The van der Waals surface area contributed by atoms with Crippen LogP contribution in [-0.2, 0) is 127 Å². The third-order valence-corrected chi connectivity index (χ3v) is 20.0. The van der Waals surface area contributed by atoms with Gasteiger partial charge in [0.1, 0.15) is 74.1 Å². The van der Waals surface area contributed by atoms with Crippen molar-refractivity contribution in [2.24, 2.45) is 16.9 Å². The Kier molecular flexibility index (Phi) is 23.8. The molecule has 4 aliphatic carbocycles. The number of benzene rings is 4. The molecular formula is C78H85F4N19O9. The smallest absolute Gasteiger partial charge is 0.375 e. The zero-order valence-corrected chi connectivity index (χ0v) is 62.4. The van der Waals surface area contributed by atoms with E-state index >= 15 is 0 Å². The first-order chi connectivity index (χ1) is 52.5. The second-order valence-corrected chi connectivity index (χ2v) is 28.4. The number of amidine groups is 1. The van der Waals surface area contributed by atoms with Crippen molar-refractivity contribution in [3.63, 3.8) is 0 Å². The molecule has 574 valence electrons. The number of amides is 1. The van der Waals surface area contributed by atoms with E-state index in [0.717, 1.165) is 136 Å². The van der Waals surface area contributed by atoms with Gasteiger partial charge in [-0.3, -0.25) is 48.1 Å². The van der Waals surface area contributed by atoms with Crippen LogP contribution in [-0.4, -0.2) is 139 Å². The number of Topliss-reactive ketones (excluding diaryl/α,β-unsaturated/α-hetero) is 1. The zero-order chi connectivity index (χ0) is 79.1. The number of aromatic amines is 1. The number of aromatic nitrogens is 14. The number of nitrogens with two attached hydrogens (primary N) is 2. The monoisotopic (exact) mass is 1510 g/mol. The third kappa shape index (κ3) is 16.3. The number of esters is 3. The van der Waals surface area contributed by atoms with E-state index in [1.807, 2.05) is 27.6 Å². The van der Waals surface area contributed by atoms with Gasteiger partial charge in [-0.1, -0.05) is 72.8 Å². The van der Waals surface area contributed by atoms with Crippen molar-refractivity contribution < 1.29 is 55.7 Å². The van der Waals surface area contributed by atoms with Crippen LogP contribution in [0.4, 0.5) is 23.4 Å². The Morgan fingerprint density at radius 1 is 0.536 bits per heavy atom. The molecular weight excluding hydrogens is 1420 g/mol. The lowest BCUT2D eigenvalue weighted by molar-refractivity contribution is -0.164. The molecule has 0 unspecified atom stereocenters. The van der Waals surface area contributed by atoms with Crippen molar-refractivity contribution in [3.8, 4) is 23.0 Å². The number of rotatable bonds is 18. The summed E-state index contributed by atoms with van der Waals surface area (Å²) >= 11 is 0. The maximum atomic E-state index is 14.1. The second kappa shape index (κ2) is 33.2. The predicted molar refractivity (Wildman–Crippen MR) is 396 cm³/mol. The van der Waals surface area contributed by atoms with Gasteiger partial charge in [-0.2, -0.15) is 20.4 Å². The number of halogens is 4.